The van der Waals surface area contributed by atoms with Crippen molar-refractivity contribution in [2.45, 2.75) is 25.5 Å². The highest BCUT2D eigenvalue weighted by atomic mass is 16.5. The highest BCUT2D eigenvalue weighted by molar-refractivity contribution is 5.82. The second kappa shape index (κ2) is 6.93. The number of nitriles is 1. The molecule has 0 bridgehead atoms. The third kappa shape index (κ3) is 3.49. The number of ether oxygens (including phenoxy) is 1. The van der Waals surface area contributed by atoms with E-state index in [-0.39, 0.29) is 12.3 Å². The van der Waals surface area contributed by atoms with Crippen LogP contribution in [-0.2, 0) is 17.8 Å². The lowest BCUT2D eigenvalue weighted by atomic mass is 10.1. The van der Waals surface area contributed by atoms with Gasteiger partial charge in [-0.3, -0.25) is 9.78 Å². The van der Waals surface area contributed by atoms with E-state index in [0.29, 0.717) is 19.5 Å². The van der Waals surface area contributed by atoms with Gasteiger partial charge >= 0.3 is 0 Å². The van der Waals surface area contributed by atoms with Crippen LogP contribution in [-0.4, -0.2) is 28.4 Å². The molecule has 1 aromatic heterocycles. The molecule has 1 aliphatic rings. The molecule has 5 heteroatoms. The van der Waals surface area contributed by atoms with E-state index in [9.17, 15) is 4.79 Å². The molecule has 0 aliphatic carbocycles. The summed E-state index contributed by atoms with van der Waals surface area (Å²) >= 11 is 0. The Bertz CT molecular complexity index is 700. The maximum absolute atomic E-state index is 12.8. The number of carbonyl (C=O) groups excluding carboxylic acids is 1. The Morgan fingerprint density at radius 2 is 2.13 bits per heavy atom. The molecular weight excluding hydrogens is 290 g/mol. The lowest BCUT2D eigenvalue weighted by molar-refractivity contribution is -0.138. The zero-order valence-electron chi connectivity index (χ0n) is 12.7. The molecule has 1 aliphatic heterocycles. The molecular formula is C18H17N3O2. The molecule has 0 spiro atoms. The van der Waals surface area contributed by atoms with Gasteiger partial charge in [0.05, 0.1) is 24.7 Å². The number of hydrogen-bond acceptors (Lipinski definition) is 4. The summed E-state index contributed by atoms with van der Waals surface area (Å²) in [4.78, 5) is 18.7. The van der Waals surface area contributed by atoms with Crippen LogP contribution in [0.25, 0.3) is 0 Å². The highest BCUT2D eigenvalue weighted by Crippen LogP contribution is 2.29. The van der Waals surface area contributed by atoms with Crippen molar-refractivity contribution in [2.75, 3.05) is 6.54 Å². The van der Waals surface area contributed by atoms with Crippen LogP contribution in [0.2, 0.25) is 0 Å². The second-order valence-corrected chi connectivity index (χ2v) is 5.41. The van der Waals surface area contributed by atoms with Gasteiger partial charge in [-0.1, -0.05) is 24.3 Å². The van der Waals surface area contributed by atoms with Crippen molar-refractivity contribution in [1.82, 2.24) is 9.88 Å². The van der Waals surface area contributed by atoms with Crippen LogP contribution in [0.1, 0.15) is 17.7 Å². The molecule has 0 saturated heterocycles. The zero-order valence-corrected chi connectivity index (χ0v) is 12.7. The first-order chi connectivity index (χ1) is 11.3. The summed E-state index contributed by atoms with van der Waals surface area (Å²) in [6.07, 6.45) is 2.04. The third-order valence-electron chi connectivity index (χ3n) is 3.81. The van der Waals surface area contributed by atoms with Crippen LogP contribution in [0.15, 0.2) is 48.7 Å². The minimum atomic E-state index is -0.519. The molecule has 1 atom stereocenters. The minimum absolute atomic E-state index is 0.0953. The number of rotatable bonds is 5. The van der Waals surface area contributed by atoms with Gasteiger partial charge in [-0.25, -0.2) is 0 Å². The fourth-order valence-electron chi connectivity index (χ4n) is 2.66. The first kappa shape index (κ1) is 15.0. The van der Waals surface area contributed by atoms with E-state index >= 15 is 0 Å². The average Bonchev–Trinajstić information content (AvgIpc) is 3.03. The fraction of sp³-hybridized carbons (Fsp3) is 0.278. The molecule has 0 radical (unpaired) electrons. The van der Waals surface area contributed by atoms with E-state index in [0.717, 1.165) is 17.0 Å². The lowest BCUT2D eigenvalue weighted by Crippen LogP contribution is -2.41. The summed E-state index contributed by atoms with van der Waals surface area (Å²) < 4.78 is 5.77. The van der Waals surface area contributed by atoms with Gasteiger partial charge in [-0.15, -0.1) is 0 Å². The maximum atomic E-state index is 12.8. The Morgan fingerprint density at radius 1 is 1.30 bits per heavy atom. The predicted octanol–water partition coefficient (Wildman–Crippen LogP) is 2.33. The number of amides is 1. The minimum Gasteiger partial charge on any atom is -0.480 e. The lowest BCUT2D eigenvalue weighted by Gasteiger charge is -2.24. The van der Waals surface area contributed by atoms with Crippen LogP contribution in [0.4, 0.5) is 0 Å². The van der Waals surface area contributed by atoms with E-state index in [1.165, 1.54) is 0 Å². The smallest absolute Gasteiger partial charge is 0.264 e. The van der Waals surface area contributed by atoms with E-state index in [4.69, 9.17) is 10.00 Å². The summed E-state index contributed by atoms with van der Waals surface area (Å²) in [5.74, 6) is 0.672. The van der Waals surface area contributed by atoms with Crippen LogP contribution in [0.3, 0.4) is 0 Å². The van der Waals surface area contributed by atoms with Crippen molar-refractivity contribution < 1.29 is 9.53 Å². The number of aromatic nitrogens is 1. The molecule has 23 heavy (non-hydrogen) atoms. The largest absolute Gasteiger partial charge is 0.480 e. The number of hydrogen-bond donors (Lipinski definition) is 0. The van der Waals surface area contributed by atoms with Gasteiger partial charge in [0.1, 0.15) is 5.75 Å². The molecule has 2 heterocycles. The molecule has 5 nitrogen and oxygen atoms in total. The molecule has 1 amide bonds. The van der Waals surface area contributed by atoms with Crippen LogP contribution in [0, 0.1) is 11.3 Å². The van der Waals surface area contributed by atoms with Crippen LogP contribution >= 0.6 is 0 Å². The molecule has 0 unspecified atom stereocenters. The maximum Gasteiger partial charge on any atom is 0.264 e. The summed E-state index contributed by atoms with van der Waals surface area (Å²) in [5, 5.41) is 8.84. The number of para-hydroxylation sites is 1. The molecule has 1 aromatic carbocycles. The van der Waals surface area contributed by atoms with Gasteiger partial charge in [0.25, 0.3) is 5.91 Å². The van der Waals surface area contributed by atoms with Crippen molar-refractivity contribution in [1.29, 1.82) is 5.26 Å². The number of carbonyl (C=O) groups is 1. The van der Waals surface area contributed by atoms with Crippen molar-refractivity contribution in [2.24, 2.45) is 0 Å². The first-order valence-electron chi connectivity index (χ1n) is 7.58. The summed E-state index contributed by atoms with van der Waals surface area (Å²) in [5.41, 5.74) is 1.85. The van der Waals surface area contributed by atoms with Crippen molar-refractivity contribution in [3.63, 3.8) is 0 Å². The molecule has 116 valence electrons. The van der Waals surface area contributed by atoms with Gasteiger partial charge in [-0.05, 0) is 23.8 Å². The topological polar surface area (TPSA) is 66.2 Å². The number of pyridine rings is 1. The summed E-state index contributed by atoms with van der Waals surface area (Å²) in [6.45, 7) is 0.764. The highest BCUT2D eigenvalue weighted by Gasteiger charge is 2.32. The van der Waals surface area contributed by atoms with Gasteiger partial charge in [0.2, 0.25) is 0 Å². The van der Waals surface area contributed by atoms with Crippen molar-refractivity contribution in [3.05, 3.63) is 59.9 Å². The van der Waals surface area contributed by atoms with Crippen molar-refractivity contribution in [3.8, 4) is 11.8 Å². The normalized spacial score (nSPS) is 15.3. The number of benzene rings is 1. The van der Waals surface area contributed by atoms with Crippen molar-refractivity contribution >= 4 is 5.91 Å². The fourth-order valence-corrected chi connectivity index (χ4v) is 2.66. The number of fused-ring (bicyclic) bond motifs is 1. The van der Waals surface area contributed by atoms with Gasteiger partial charge < -0.3 is 9.64 Å². The van der Waals surface area contributed by atoms with Gasteiger partial charge in [0.15, 0.2) is 6.10 Å². The number of nitrogens with zero attached hydrogens (tertiary/aromatic N) is 3. The monoisotopic (exact) mass is 307 g/mol. The Balaban J connectivity index is 1.72. The molecule has 0 saturated carbocycles. The molecule has 0 N–H and O–H groups in total. The SMILES string of the molecule is N#CCCN(Cc1ccccn1)C(=O)[C@H]1Cc2ccccc2O1. The Hall–Kier alpha value is -2.87. The zero-order chi connectivity index (χ0) is 16.1. The Morgan fingerprint density at radius 3 is 2.87 bits per heavy atom. The Kier molecular flexibility index (Phi) is 4.53. The van der Waals surface area contributed by atoms with E-state index in [1.54, 1.807) is 11.1 Å². The van der Waals surface area contributed by atoms with E-state index in [1.807, 2.05) is 42.5 Å². The summed E-state index contributed by atoms with van der Waals surface area (Å²) in [7, 11) is 0. The van der Waals surface area contributed by atoms with E-state index in [2.05, 4.69) is 11.1 Å². The van der Waals surface area contributed by atoms with Crippen LogP contribution in [0.5, 0.6) is 5.75 Å². The predicted molar refractivity (Wildman–Crippen MR) is 84.4 cm³/mol. The Labute approximate surface area is 135 Å². The standard InChI is InChI=1S/C18H17N3O2/c19-9-5-11-21(13-15-7-3-4-10-20-15)18(22)17-12-14-6-1-2-8-16(14)23-17/h1-4,6-8,10,17H,5,11-13H2/t17-/m1/s1. The molecule has 2 aromatic rings. The molecule has 3 rings (SSSR count). The van der Waals surface area contributed by atoms with Gasteiger partial charge in [0, 0.05) is 19.2 Å². The average molecular weight is 307 g/mol. The molecule has 0 fully saturated rings. The quantitative estimate of drug-likeness (QED) is 0.850. The van der Waals surface area contributed by atoms with Crippen LogP contribution < -0.4 is 4.74 Å². The second-order valence-electron chi connectivity index (χ2n) is 5.41. The first-order valence-corrected chi connectivity index (χ1v) is 7.58. The van der Waals surface area contributed by atoms with Gasteiger partial charge in [-0.2, -0.15) is 5.26 Å². The summed E-state index contributed by atoms with van der Waals surface area (Å²) in [6, 6.07) is 15.4. The third-order valence-corrected chi connectivity index (χ3v) is 3.81. The van der Waals surface area contributed by atoms with E-state index < -0.39 is 6.10 Å².